The molecule has 2 atom stereocenters. The summed E-state index contributed by atoms with van der Waals surface area (Å²) in [5.41, 5.74) is 8.18. The number of hydrogen-bond donors (Lipinski definition) is 2. The molecule has 2 amide bonds. The quantitative estimate of drug-likeness (QED) is 0.562. The summed E-state index contributed by atoms with van der Waals surface area (Å²) in [5, 5.41) is 5.49. The van der Waals surface area contributed by atoms with Gasteiger partial charge in [0.15, 0.2) is 0 Å². The maximum Gasteiger partial charge on any atom is 0.246 e. The normalized spacial score (nSPS) is 18.6. The first kappa shape index (κ1) is 22.7. The van der Waals surface area contributed by atoms with Crippen molar-refractivity contribution in [2.45, 2.75) is 70.1 Å². The number of benzene rings is 1. The van der Waals surface area contributed by atoms with E-state index in [1.807, 2.05) is 40.6 Å². The molecule has 1 aromatic heterocycles. The van der Waals surface area contributed by atoms with Crippen LogP contribution in [0, 0.1) is 5.92 Å². The van der Waals surface area contributed by atoms with Crippen LogP contribution in [0.15, 0.2) is 53.9 Å². The molecule has 1 fully saturated rings. The summed E-state index contributed by atoms with van der Waals surface area (Å²) in [6.45, 7) is 1.31. The zero-order valence-corrected chi connectivity index (χ0v) is 19.4. The minimum atomic E-state index is -0.446. The van der Waals surface area contributed by atoms with Gasteiger partial charge in [0, 0.05) is 36.5 Å². The molecule has 1 saturated carbocycles. The van der Waals surface area contributed by atoms with E-state index in [-0.39, 0.29) is 17.9 Å². The van der Waals surface area contributed by atoms with Gasteiger partial charge in [-0.1, -0.05) is 68.5 Å². The zero-order valence-electron chi connectivity index (χ0n) is 18.5. The number of thiophene rings is 1. The number of nitrogens with one attached hydrogen (secondary N) is 1. The lowest BCUT2D eigenvalue weighted by Crippen LogP contribution is -2.47. The minimum Gasteiger partial charge on any atom is -0.368 e. The lowest BCUT2D eigenvalue weighted by atomic mass is 9.84. The zero-order chi connectivity index (χ0) is 22.3. The van der Waals surface area contributed by atoms with Crippen LogP contribution in [-0.2, 0) is 29.1 Å². The number of hydrogen-bond acceptors (Lipinski definition) is 4. The Morgan fingerprint density at radius 1 is 1.09 bits per heavy atom. The molecule has 3 N–H and O–H groups in total. The molecule has 32 heavy (non-hydrogen) atoms. The van der Waals surface area contributed by atoms with Gasteiger partial charge in [-0.05, 0) is 34.9 Å². The minimum absolute atomic E-state index is 0.0190. The number of nitrogens with zero attached hydrogens (tertiary/aromatic N) is 1. The van der Waals surface area contributed by atoms with Gasteiger partial charge in [0.25, 0.3) is 0 Å². The van der Waals surface area contributed by atoms with Gasteiger partial charge in [0.2, 0.25) is 11.8 Å². The van der Waals surface area contributed by atoms with E-state index in [2.05, 4.69) is 17.4 Å². The van der Waals surface area contributed by atoms with Crippen LogP contribution in [0.2, 0.25) is 0 Å². The second-order valence-corrected chi connectivity index (χ2v) is 10.1. The van der Waals surface area contributed by atoms with Gasteiger partial charge in [-0.15, -0.1) is 11.3 Å². The first-order chi connectivity index (χ1) is 15.6. The van der Waals surface area contributed by atoms with E-state index >= 15 is 0 Å². The Balaban J connectivity index is 1.43. The predicted octanol–water partition coefficient (Wildman–Crippen LogP) is 4.17. The highest BCUT2D eigenvalue weighted by Crippen LogP contribution is 2.28. The van der Waals surface area contributed by atoms with E-state index in [0.717, 1.165) is 11.3 Å². The second kappa shape index (κ2) is 10.9. The van der Waals surface area contributed by atoms with Crippen molar-refractivity contribution in [3.05, 3.63) is 69.9 Å². The summed E-state index contributed by atoms with van der Waals surface area (Å²) in [6.07, 6.45) is 11.4. The van der Waals surface area contributed by atoms with Crippen LogP contribution in [-0.4, -0.2) is 28.8 Å². The van der Waals surface area contributed by atoms with Crippen LogP contribution in [0.25, 0.3) is 0 Å². The van der Waals surface area contributed by atoms with Crippen LogP contribution < -0.4 is 11.1 Å². The van der Waals surface area contributed by atoms with Crippen LogP contribution in [0.3, 0.4) is 0 Å². The molecule has 1 aliphatic carbocycles. The average molecular weight is 452 g/mol. The molecule has 2 aliphatic rings. The van der Waals surface area contributed by atoms with Crippen molar-refractivity contribution >= 4 is 23.2 Å². The SMILES string of the molecule is NC(=O)[C@H](Cc1cccs1)N[C@H](/C=C/C(=O)N1Cc2ccccc2C1)CC1CCCCC1. The van der Waals surface area contributed by atoms with Crippen LogP contribution >= 0.6 is 11.3 Å². The second-order valence-electron chi connectivity index (χ2n) is 9.07. The highest BCUT2D eigenvalue weighted by Gasteiger charge is 2.25. The van der Waals surface area contributed by atoms with Gasteiger partial charge < -0.3 is 10.6 Å². The Bertz CT molecular complexity index is 909. The van der Waals surface area contributed by atoms with Gasteiger partial charge in [-0.25, -0.2) is 0 Å². The number of amides is 2. The number of carbonyl (C=O) groups excluding carboxylic acids is 2. The van der Waals surface area contributed by atoms with Gasteiger partial charge in [0.05, 0.1) is 6.04 Å². The Kier molecular flexibility index (Phi) is 7.76. The molecule has 4 rings (SSSR count). The maximum absolute atomic E-state index is 12.9. The van der Waals surface area contributed by atoms with E-state index in [1.165, 1.54) is 43.2 Å². The van der Waals surface area contributed by atoms with Crippen molar-refractivity contribution in [2.75, 3.05) is 0 Å². The molecule has 0 unspecified atom stereocenters. The highest BCUT2D eigenvalue weighted by molar-refractivity contribution is 7.09. The molecule has 1 aromatic carbocycles. The van der Waals surface area contributed by atoms with Crippen molar-refractivity contribution in [1.29, 1.82) is 0 Å². The van der Waals surface area contributed by atoms with E-state index in [0.29, 0.717) is 25.4 Å². The first-order valence-corrected chi connectivity index (χ1v) is 12.6. The number of carbonyl (C=O) groups is 2. The van der Waals surface area contributed by atoms with Crippen LogP contribution in [0.1, 0.15) is 54.5 Å². The average Bonchev–Trinajstić information content (AvgIpc) is 3.47. The van der Waals surface area contributed by atoms with E-state index < -0.39 is 6.04 Å². The fourth-order valence-electron chi connectivity index (χ4n) is 4.91. The van der Waals surface area contributed by atoms with Crippen molar-refractivity contribution in [3.63, 3.8) is 0 Å². The number of rotatable bonds is 9. The Hall–Kier alpha value is -2.44. The molecule has 0 spiro atoms. The largest absolute Gasteiger partial charge is 0.368 e. The molecule has 0 bridgehead atoms. The van der Waals surface area contributed by atoms with Gasteiger partial charge in [-0.3, -0.25) is 14.9 Å². The number of primary amides is 1. The molecule has 2 aromatic rings. The fourth-order valence-corrected chi connectivity index (χ4v) is 5.66. The summed E-state index contributed by atoms with van der Waals surface area (Å²) in [6, 6.07) is 11.7. The summed E-state index contributed by atoms with van der Waals surface area (Å²) in [7, 11) is 0. The van der Waals surface area contributed by atoms with Crippen LogP contribution in [0.5, 0.6) is 0 Å². The fraction of sp³-hybridized carbons (Fsp3) is 0.462. The van der Waals surface area contributed by atoms with Crippen LogP contribution in [0.4, 0.5) is 0 Å². The van der Waals surface area contributed by atoms with Crippen molar-refractivity contribution in [2.24, 2.45) is 11.7 Å². The van der Waals surface area contributed by atoms with Crippen molar-refractivity contribution < 1.29 is 9.59 Å². The summed E-state index contributed by atoms with van der Waals surface area (Å²) >= 11 is 1.63. The smallest absolute Gasteiger partial charge is 0.246 e. The third-order valence-corrected chi connectivity index (χ3v) is 7.58. The molecule has 170 valence electrons. The molecule has 0 saturated heterocycles. The molecular formula is C26H33N3O2S. The van der Waals surface area contributed by atoms with E-state index in [9.17, 15) is 9.59 Å². The first-order valence-electron chi connectivity index (χ1n) is 11.7. The third kappa shape index (κ3) is 6.08. The van der Waals surface area contributed by atoms with Gasteiger partial charge >= 0.3 is 0 Å². The lowest BCUT2D eigenvalue weighted by Gasteiger charge is -2.28. The third-order valence-electron chi connectivity index (χ3n) is 6.68. The van der Waals surface area contributed by atoms with Gasteiger partial charge in [0.1, 0.15) is 0 Å². The maximum atomic E-state index is 12.9. The van der Waals surface area contributed by atoms with Crippen molar-refractivity contribution in [1.82, 2.24) is 10.2 Å². The number of fused-ring (bicyclic) bond motifs is 1. The molecule has 1 aliphatic heterocycles. The topological polar surface area (TPSA) is 75.4 Å². The molecular weight excluding hydrogens is 418 g/mol. The predicted molar refractivity (Wildman–Crippen MR) is 129 cm³/mol. The Morgan fingerprint density at radius 2 is 1.81 bits per heavy atom. The molecule has 2 heterocycles. The van der Waals surface area contributed by atoms with E-state index in [4.69, 9.17) is 5.73 Å². The highest BCUT2D eigenvalue weighted by atomic mass is 32.1. The Labute approximate surface area is 194 Å². The number of nitrogens with two attached hydrogens (primary N) is 1. The monoisotopic (exact) mass is 451 g/mol. The molecule has 5 nitrogen and oxygen atoms in total. The molecule has 6 heteroatoms. The van der Waals surface area contributed by atoms with Gasteiger partial charge in [-0.2, -0.15) is 0 Å². The lowest BCUT2D eigenvalue weighted by molar-refractivity contribution is -0.126. The summed E-state index contributed by atoms with van der Waals surface area (Å²) in [5.74, 6) is 0.291. The van der Waals surface area contributed by atoms with Crippen molar-refractivity contribution in [3.8, 4) is 0 Å². The standard InChI is InChI=1S/C26H33N3O2S/c27-26(31)24(16-23-11-6-14-32-23)28-22(15-19-7-2-1-3-8-19)12-13-25(30)29-17-20-9-4-5-10-21(20)18-29/h4-6,9-14,19,22,24,28H,1-3,7-8,15-18H2,(H2,27,31)/b13-12+/t22-,24+/m1/s1. The summed E-state index contributed by atoms with van der Waals surface area (Å²) < 4.78 is 0. The van der Waals surface area contributed by atoms with E-state index in [1.54, 1.807) is 17.4 Å². The molecule has 0 radical (unpaired) electrons. The Morgan fingerprint density at radius 3 is 2.44 bits per heavy atom. The summed E-state index contributed by atoms with van der Waals surface area (Å²) in [4.78, 5) is 28.1.